The molecule has 0 spiro atoms. The van der Waals surface area contributed by atoms with E-state index in [0.29, 0.717) is 37.7 Å². The number of aromatic amines is 1. The Labute approximate surface area is 122 Å². The number of fused-ring (bicyclic) bond motifs is 1. The first kappa shape index (κ1) is 12.5. The predicted molar refractivity (Wildman–Crippen MR) is 76.4 cm³/mol. The van der Waals surface area contributed by atoms with Crippen LogP contribution in [-0.2, 0) is 0 Å². The summed E-state index contributed by atoms with van der Waals surface area (Å²) in [6.07, 6.45) is 2.95. The van der Waals surface area contributed by atoms with Crippen LogP contribution in [0.25, 0.3) is 11.2 Å². The molecule has 3 rings (SSSR count). The van der Waals surface area contributed by atoms with Gasteiger partial charge in [-0.25, -0.2) is 15.0 Å². The van der Waals surface area contributed by atoms with Crippen LogP contribution in [0, 0.1) is 0 Å². The van der Waals surface area contributed by atoms with Gasteiger partial charge < -0.3 is 10.3 Å². The molecule has 0 atom stereocenters. The molecule has 0 aliphatic rings. The molecule has 0 bridgehead atoms. The summed E-state index contributed by atoms with van der Waals surface area (Å²) < 4.78 is 0. The zero-order chi connectivity index (χ0) is 13.4. The maximum absolute atomic E-state index is 6.11. The van der Waals surface area contributed by atoms with E-state index in [4.69, 9.17) is 34.8 Å². The second-order valence-electron chi connectivity index (χ2n) is 3.69. The molecular formula is C11H6Cl3N5. The smallest absolute Gasteiger partial charge is 0.162 e. The molecule has 8 heteroatoms. The quantitative estimate of drug-likeness (QED) is 0.748. The number of nitrogens with zero attached hydrogens (tertiary/aromatic N) is 3. The lowest BCUT2D eigenvalue weighted by molar-refractivity contribution is 1.20. The molecule has 2 aromatic heterocycles. The molecule has 0 radical (unpaired) electrons. The lowest BCUT2D eigenvalue weighted by Gasteiger charge is -2.10. The summed E-state index contributed by atoms with van der Waals surface area (Å²) in [6, 6.07) is 3.19. The lowest BCUT2D eigenvalue weighted by atomic mass is 10.3. The summed E-state index contributed by atoms with van der Waals surface area (Å²) >= 11 is 18.1. The third-order valence-corrected chi connectivity index (χ3v) is 3.28. The summed E-state index contributed by atoms with van der Waals surface area (Å²) in [4.78, 5) is 15.2. The van der Waals surface area contributed by atoms with E-state index < -0.39 is 0 Å². The van der Waals surface area contributed by atoms with Crippen LogP contribution < -0.4 is 5.32 Å². The first-order valence-corrected chi connectivity index (χ1v) is 6.34. The van der Waals surface area contributed by atoms with Gasteiger partial charge >= 0.3 is 0 Å². The summed E-state index contributed by atoms with van der Waals surface area (Å²) in [5, 5.41) is 4.31. The van der Waals surface area contributed by atoms with Gasteiger partial charge in [-0.3, -0.25) is 0 Å². The van der Waals surface area contributed by atoms with Gasteiger partial charge in [0, 0.05) is 5.02 Å². The topological polar surface area (TPSA) is 66.5 Å². The van der Waals surface area contributed by atoms with E-state index in [1.165, 1.54) is 12.7 Å². The first-order chi connectivity index (χ1) is 9.15. The number of hydrogen-bond donors (Lipinski definition) is 2. The average Bonchev–Trinajstić information content (AvgIpc) is 2.82. The lowest BCUT2D eigenvalue weighted by Crippen LogP contribution is -1.97. The Kier molecular flexibility index (Phi) is 3.18. The molecule has 3 aromatic rings. The van der Waals surface area contributed by atoms with Gasteiger partial charge in [-0.1, -0.05) is 34.8 Å². The Morgan fingerprint density at radius 2 is 1.74 bits per heavy atom. The van der Waals surface area contributed by atoms with Crippen molar-refractivity contribution in [2.75, 3.05) is 5.32 Å². The molecule has 0 fully saturated rings. The van der Waals surface area contributed by atoms with Crippen LogP contribution in [0.15, 0.2) is 24.8 Å². The van der Waals surface area contributed by atoms with Crippen LogP contribution >= 0.6 is 34.8 Å². The van der Waals surface area contributed by atoms with Crippen molar-refractivity contribution in [1.82, 2.24) is 19.9 Å². The minimum absolute atomic E-state index is 0.403. The van der Waals surface area contributed by atoms with Gasteiger partial charge in [0.15, 0.2) is 17.0 Å². The fourth-order valence-corrected chi connectivity index (χ4v) is 2.55. The molecule has 19 heavy (non-hydrogen) atoms. The monoisotopic (exact) mass is 313 g/mol. The Morgan fingerprint density at radius 3 is 2.47 bits per heavy atom. The molecule has 0 aliphatic heterocycles. The van der Waals surface area contributed by atoms with Gasteiger partial charge in [0.05, 0.1) is 22.1 Å². The molecule has 0 unspecified atom stereocenters. The molecule has 0 amide bonds. The van der Waals surface area contributed by atoms with Crippen molar-refractivity contribution in [2.24, 2.45) is 0 Å². The van der Waals surface area contributed by atoms with E-state index >= 15 is 0 Å². The van der Waals surface area contributed by atoms with Gasteiger partial charge in [-0.2, -0.15) is 0 Å². The second-order valence-corrected chi connectivity index (χ2v) is 4.94. The molecule has 0 saturated heterocycles. The summed E-state index contributed by atoms with van der Waals surface area (Å²) in [7, 11) is 0. The molecule has 2 heterocycles. The van der Waals surface area contributed by atoms with E-state index in [1.54, 1.807) is 12.1 Å². The minimum Gasteiger partial charge on any atom is -0.336 e. The van der Waals surface area contributed by atoms with Gasteiger partial charge in [-0.15, -0.1) is 0 Å². The number of imidazole rings is 1. The summed E-state index contributed by atoms with van der Waals surface area (Å²) in [5.74, 6) is 0.511. The number of hydrogen-bond acceptors (Lipinski definition) is 4. The molecule has 1 aromatic carbocycles. The maximum Gasteiger partial charge on any atom is 0.162 e. The number of aromatic nitrogens is 4. The van der Waals surface area contributed by atoms with Crippen molar-refractivity contribution >= 4 is 57.5 Å². The van der Waals surface area contributed by atoms with Gasteiger partial charge in [0.1, 0.15) is 6.33 Å². The van der Waals surface area contributed by atoms with Crippen molar-refractivity contribution in [3.8, 4) is 0 Å². The zero-order valence-corrected chi connectivity index (χ0v) is 11.6. The minimum atomic E-state index is 0.403. The first-order valence-electron chi connectivity index (χ1n) is 5.21. The maximum atomic E-state index is 6.11. The standard InChI is InChI=1S/C11H6Cl3N5/c12-5-1-6(13)8(7(14)2-5)19-11-9-10(16-3-15-9)17-4-18-11/h1-4H,(H2,15,16,17,18,19). The largest absolute Gasteiger partial charge is 0.336 e. The highest BCUT2D eigenvalue weighted by atomic mass is 35.5. The van der Waals surface area contributed by atoms with Crippen molar-refractivity contribution in [2.45, 2.75) is 0 Å². The fraction of sp³-hybridized carbons (Fsp3) is 0. The Morgan fingerprint density at radius 1 is 1.00 bits per heavy atom. The van der Waals surface area contributed by atoms with E-state index in [0.717, 1.165) is 0 Å². The molecule has 0 saturated carbocycles. The van der Waals surface area contributed by atoms with E-state index in [2.05, 4.69) is 25.3 Å². The Balaban J connectivity index is 2.09. The third kappa shape index (κ3) is 2.32. The SMILES string of the molecule is Clc1cc(Cl)c(Nc2ncnc3[nH]cnc23)c(Cl)c1. The van der Waals surface area contributed by atoms with E-state index in [-0.39, 0.29) is 0 Å². The van der Waals surface area contributed by atoms with Gasteiger partial charge in [-0.05, 0) is 12.1 Å². The molecule has 5 nitrogen and oxygen atoms in total. The second kappa shape index (κ2) is 4.85. The van der Waals surface area contributed by atoms with Crippen molar-refractivity contribution in [3.63, 3.8) is 0 Å². The van der Waals surface area contributed by atoms with Crippen LogP contribution in [0.5, 0.6) is 0 Å². The van der Waals surface area contributed by atoms with Crippen LogP contribution in [0.4, 0.5) is 11.5 Å². The van der Waals surface area contributed by atoms with Crippen LogP contribution in [0.3, 0.4) is 0 Å². The number of halogens is 3. The number of H-pyrrole nitrogens is 1. The van der Waals surface area contributed by atoms with Crippen molar-refractivity contribution in [1.29, 1.82) is 0 Å². The zero-order valence-electron chi connectivity index (χ0n) is 9.28. The van der Waals surface area contributed by atoms with Crippen LogP contribution in [0.1, 0.15) is 0 Å². The molecular weight excluding hydrogens is 309 g/mol. The van der Waals surface area contributed by atoms with Crippen LogP contribution in [0.2, 0.25) is 15.1 Å². The Hall–Kier alpha value is -1.56. The summed E-state index contributed by atoms with van der Waals surface area (Å²) in [6.45, 7) is 0. The number of rotatable bonds is 2. The van der Waals surface area contributed by atoms with E-state index in [9.17, 15) is 0 Å². The third-order valence-electron chi connectivity index (χ3n) is 2.47. The number of benzene rings is 1. The highest BCUT2D eigenvalue weighted by Crippen LogP contribution is 2.36. The van der Waals surface area contributed by atoms with Gasteiger partial charge in [0.2, 0.25) is 0 Å². The van der Waals surface area contributed by atoms with Gasteiger partial charge in [0.25, 0.3) is 0 Å². The molecule has 0 aliphatic carbocycles. The fourth-order valence-electron chi connectivity index (χ4n) is 1.64. The molecule has 96 valence electrons. The highest BCUT2D eigenvalue weighted by molar-refractivity contribution is 6.41. The average molecular weight is 315 g/mol. The van der Waals surface area contributed by atoms with Crippen molar-refractivity contribution in [3.05, 3.63) is 39.9 Å². The normalized spacial score (nSPS) is 10.9. The van der Waals surface area contributed by atoms with E-state index in [1.807, 2.05) is 0 Å². The molecule has 2 N–H and O–H groups in total. The predicted octanol–water partition coefficient (Wildman–Crippen LogP) is 4.06. The highest BCUT2D eigenvalue weighted by Gasteiger charge is 2.12. The Bertz CT molecular complexity index is 732. The summed E-state index contributed by atoms with van der Waals surface area (Å²) in [5.41, 5.74) is 1.75. The van der Waals surface area contributed by atoms with Crippen LogP contribution in [-0.4, -0.2) is 19.9 Å². The van der Waals surface area contributed by atoms with Crippen molar-refractivity contribution < 1.29 is 0 Å². The number of nitrogens with one attached hydrogen (secondary N) is 2. The number of anilines is 2.